The van der Waals surface area contributed by atoms with Crippen LogP contribution in [0.3, 0.4) is 0 Å². The highest BCUT2D eigenvalue weighted by Crippen LogP contribution is 2.23. The van der Waals surface area contributed by atoms with Crippen molar-refractivity contribution in [1.82, 2.24) is 5.32 Å². The molecule has 2 N–H and O–H groups in total. The molecule has 0 saturated carbocycles. The van der Waals surface area contributed by atoms with Crippen molar-refractivity contribution in [2.24, 2.45) is 0 Å². The van der Waals surface area contributed by atoms with Crippen LogP contribution in [0.1, 0.15) is 5.76 Å². The van der Waals surface area contributed by atoms with Crippen LogP contribution in [-0.2, 0) is 11.3 Å². The van der Waals surface area contributed by atoms with Crippen molar-refractivity contribution < 1.29 is 14.3 Å². The maximum atomic E-state index is 8.57. The van der Waals surface area contributed by atoms with Crippen molar-refractivity contribution in [3.63, 3.8) is 0 Å². The minimum absolute atomic E-state index is 0.0642. The predicted molar refractivity (Wildman–Crippen MR) is 81.5 cm³/mol. The first-order valence-corrected chi connectivity index (χ1v) is 7.33. The Hall–Kier alpha value is -1.14. The normalized spacial score (nSPS) is 10.9. The summed E-state index contributed by atoms with van der Waals surface area (Å²) in [7, 11) is 0. The lowest BCUT2D eigenvalue weighted by Gasteiger charge is -2.03. The molecule has 0 aliphatic rings. The molecule has 20 heavy (non-hydrogen) atoms. The number of furan rings is 1. The first-order valence-electron chi connectivity index (χ1n) is 6.53. The second-order valence-corrected chi connectivity index (χ2v) is 5.20. The number of ether oxygens (including phenoxy) is 1. The lowest BCUT2D eigenvalue weighted by Crippen LogP contribution is -2.19. The third-order valence-corrected chi connectivity index (χ3v) is 3.28. The smallest absolute Gasteiger partial charge is 0.134 e. The van der Waals surface area contributed by atoms with Crippen molar-refractivity contribution >= 4 is 15.9 Å². The quantitative estimate of drug-likeness (QED) is 0.726. The van der Waals surface area contributed by atoms with Gasteiger partial charge < -0.3 is 19.6 Å². The van der Waals surface area contributed by atoms with Gasteiger partial charge >= 0.3 is 0 Å². The third-order valence-electron chi connectivity index (χ3n) is 2.75. The number of rotatable bonds is 8. The Labute approximate surface area is 126 Å². The van der Waals surface area contributed by atoms with Crippen molar-refractivity contribution in [2.45, 2.75) is 6.54 Å². The van der Waals surface area contributed by atoms with Gasteiger partial charge in [-0.3, -0.25) is 0 Å². The molecule has 5 heteroatoms. The van der Waals surface area contributed by atoms with Crippen molar-refractivity contribution in [2.75, 3.05) is 26.4 Å². The molecule has 1 aromatic heterocycles. The van der Waals surface area contributed by atoms with Gasteiger partial charge in [-0.25, -0.2) is 0 Å². The topological polar surface area (TPSA) is 54.6 Å². The number of aliphatic hydroxyl groups is 1. The lowest BCUT2D eigenvalue weighted by molar-refractivity contribution is 0.0936. The minimum atomic E-state index is 0.0642. The maximum absolute atomic E-state index is 8.57. The van der Waals surface area contributed by atoms with Gasteiger partial charge in [0.05, 0.1) is 26.4 Å². The predicted octanol–water partition coefficient (Wildman–Crippen LogP) is 2.81. The highest BCUT2D eigenvalue weighted by atomic mass is 79.9. The van der Waals surface area contributed by atoms with Crippen LogP contribution >= 0.6 is 15.9 Å². The Kier molecular flexibility index (Phi) is 6.26. The van der Waals surface area contributed by atoms with Crippen LogP contribution in [0.15, 0.2) is 45.3 Å². The molecule has 0 bridgehead atoms. The molecule has 0 radical (unpaired) electrons. The molecule has 0 aliphatic carbocycles. The SMILES string of the molecule is OCCOCCNCc1ccc(-c2ccc(Br)cc2)o1. The summed E-state index contributed by atoms with van der Waals surface area (Å²) in [6.45, 7) is 2.43. The number of nitrogens with one attached hydrogen (secondary N) is 1. The van der Waals surface area contributed by atoms with E-state index in [9.17, 15) is 0 Å². The largest absolute Gasteiger partial charge is 0.460 e. The molecule has 2 rings (SSSR count). The molecule has 0 fully saturated rings. The van der Waals surface area contributed by atoms with E-state index in [2.05, 4.69) is 21.2 Å². The lowest BCUT2D eigenvalue weighted by atomic mass is 10.2. The van der Waals surface area contributed by atoms with E-state index >= 15 is 0 Å². The van der Waals surface area contributed by atoms with Crippen LogP contribution in [0.2, 0.25) is 0 Å². The van der Waals surface area contributed by atoms with Crippen molar-refractivity contribution in [3.05, 3.63) is 46.6 Å². The Morgan fingerprint density at radius 1 is 1.10 bits per heavy atom. The Morgan fingerprint density at radius 3 is 2.65 bits per heavy atom. The highest BCUT2D eigenvalue weighted by molar-refractivity contribution is 9.10. The maximum Gasteiger partial charge on any atom is 0.134 e. The van der Waals surface area contributed by atoms with E-state index in [1.54, 1.807) is 0 Å². The Morgan fingerprint density at radius 2 is 1.90 bits per heavy atom. The molecule has 0 amide bonds. The summed E-state index contributed by atoms with van der Waals surface area (Å²) in [6.07, 6.45) is 0. The van der Waals surface area contributed by atoms with Crippen LogP contribution in [-0.4, -0.2) is 31.5 Å². The fourth-order valence-electron chi connectivity index (χ4n) is 1.76. The summed E-state index contributed by atoms with van der Waals surface area (Å²) in [6, 6.07) is 12.0. The summed E-state index contributed by atoms with van der Waals surface area (Å²) in [5.41, 5.74) is 1.06. The van der Waals surface area contributed by atoms with E-state index in [-0.39, 0.29) is 6.61 Å². The number of hydrogen-bond acceptors (Lipinski definition) is 4. The van der Waals surface area contributed by atoms with E-state index in [4.69, 9.17) is 14.3 Å². The van der Waals surface area contributed by atoms with Gasteiger partial charge in [0.15, 0.2) is 0 Å². The Bertz CT molecular complexity index is 510. The van der Waals surface area contributed by atoms with E-state index in [0.29, 0.717) is 19.8 Å². The third kappa shape index (κ3) is 4.76. The molecule has 1 heterocycles. The van der Waals surface area contributed by atoms with E-state index < -0.39 is 0 Å². The van der Waals surface area contributed by atoms with Crippen molar-refractivity contribution in [1.29, 1.82) is 0 Å². The molecule has 2 aromatic rings. The zero-order valence-electron chi connectivity index (χ0n) is 11.1. The summed E-state index contributed by atoms with van der Waals surface area (Å²) >= 11 is 3.42. The van der Waals surface area contributed by atoms with Gasteiger partial charge in [0.25, 0.3) is 0 Å². The van der Waals surface area contributed by atoms with Crippen LogP contribution < -0.4 is 5.32 Å². The Balaban J connectivity index is 1.79. The summed E-state index contributed by atoms with van der Waals surface area (Å²) in [5, 5.41) is 11.8. The molecule has 0 aliphatic heterocycles. The summed E-state index contributed by atoms with van der Waals surface area (Å²) in [4.78, 5) is 0. The molecule has 1 aromatic carbocycles. The molecule has 0 saturated heterocycles. The average molecular weight is 340 g/mol. The van der Waals surface area contributed by atoms with Gasteiger partial charge in [0.1, 0.15) is 11.5 Å². The first kappa shape index (κ1) is 15.3. The second kappa shape index (κ2) is 8.21. The monoisotopic (exact) mass is 339 g/mol. The van der Waals surface area contributed by atoms with E-state index in [0.717, 1.165) is 28.1 Å². The molecule has 0 unspecified atom stereocenters. The van der Waals surface area contributed by atoms with E-state index in [1.807, 2.05) is 36.4 Å². The molecule has 108 valence electrons. The highest BCUT2D eigenvalue weighted by Gasteiger charge is 2.04. The van der Waals surface area contributed by atoms with Crippen molar-refractivity contribution in [3.8, 4) is 11.3 Å². The van der Waals surface area contributed by atoms with Crippen LogP contribution in [0.5, 0.6) is 0 Å². The zero-order chi connectivity index (χ0) is 14.2. The standard InChI is InChI=1S/C15H18BrNO3/c16-13-3-1-12(2-4-13)15-6-5-14(20-15)11-17-7-9-19-10-8-18/h1-6,17-18H,7-11H2. The molecule has 4 nitrogen and oxygen atoms in total. The average Bonchev–Trinajstić information content (AvgIpc) is 2.92. The van der Waals surface area contributed by atoms with Crippen LogP contribution in [0, 0.1) is 0 Å². The van der Waals surface area contributed by atoms with Gasteiger partial charge in [-0.05, 0) is 24.3 Å². The number of halogens is 1. The fraction of sp³-hybridized carbons (Fsp3) is 0.333. The van der Waals surface area contributed by atoms with Gasteiger partial charge in [-0.15, -0.1) is 0 Å². The summed E-state index contributed by atoms with van der Waals surface area (Å²) < 4.78 is 12.0. The van der Waals surface area contributed by atoms with Gasteiger partial charge in [-0.1, -0.05) is 28.1 Å². The van der Waals surface area contributed by atoms with Crippen LogP contribution in [0.4, 0.5) is 0 Å². The van der Waals surface area contributed by atoms with E-state index in [1.165, 1.54) is 0 Å². The fourth-order valence-corrected chi connectivity index (χ4v) is 2.03. The molecule has 0 atom stereocenters. The number of hydrogen-bond donors (Lipinski definition) is 2. The molecular weight excluding hydrogens is 322 g/mol. The number of benzene rings is 1. The minimum Gasteiger partial charge on any atom is -0.460 e. The second-order valence-electron chi connectivity index (χ2n) is 4.29. The van der Waals surface area contributed by atoms with Gasteiger partial charge in [0, 0.05) is 16.6 Å². The number of aliphatic hydroxyl groups excluding tert-OH is 1. The zero-order valence-corrected chi connectivity index (χ0v) is 12.7. The van der Waals surface area contributed by atoms with Gasteiger partial charge in [0.2, 0.25) is 0 Å². The van der Waals surface area contributed by atoms with Crippen LogP contribution in [0.25, 0.3) is 11.3 Å². The van der Waals surface area contributed by atoms with Gasteiger partial charge in [-0.2, -0.15) is 0 Å². The first-order chi connectivity index (χ1) is 9.79. The molecule has 0 spiro atoms. The molecular formula is C15H18BrNO3. The summed E-state index contributed by atoms with van der Waals surface area (Å²) in [5.74, 6) is 1.76.